The molecule has 0 unspecified atom stereocenters. The Morgan fingerprint density at radius 3 is 2.09 bits per heavy atom. The van der Waals surface area contributed by atoms with Crippen LogP contribution < -0.4 is 14.8 Å². The third kappa shape index (κ3) is 10.9. The Hall–Kier alpha value is -3.01. The molecule has 10 nitrogen and oxygen atoms in total. The molecular formula is C23H35NO9. The molecule has 1 aromatic rings. The van der Waals surface area contributed by atoms with E-state index in [2.05, 4.69) is 5.32 Å². The van der Waals surface area contributed by atoms with Gasteiger partial charge in [-0.15, -0.1) is 0 Å². The van der Waals surface area contributed by atoms with E-state index < -0.39 is 41.2 Å². The van der Waals surface area contributed by atoms with Gasteiger partial charge < -0.3 is 34.8 Å². The van der Waals surface area contributed by atoms with E-state index in [-0.39, 0.29) is 26.1 Å². The van der Waals surface area contributed by atoms with Crippen molar-refractivity contribution in [2.45, 2.75) is 71.6 Å². The predicted octanol–water partition coefficient (Wildman–Crippen LogP) is 2.85. The first-order valence-corrected chi connectivity index (χ1v) is 10.6. The van der Waals surface area contributed by atoms with Crippen molar-refractivity contribution in [3.63, 3.8) is 0 Å². The van der Waals surface area contributed by atoms with Crippen LogP contribution in [0.5, 0.6) is 11.5 Å². The molecule has 10 heteroatoms. The standard InChI is InChI=1S/C23H35NO9/c1-22(2,3)32-18-12-14(7-8-17(18)31-10-9-25)11-15(19(26)27)13-16(20(28)29)24-21(30)33-23(4,5)6/h7-8,12,15-16,25H,9-11,13H2,1-6H3,(H,24,30)(H,26,27)(H,28,29)/t15-,16+/m0/s1. The number of carbonyl (C=O) groups excluding carboxylic acids is 1. The van der Waals surface area contributed by atoms with Gasteiger partial charge in [0.05, 0.1) is 12.5 Å². The number of carboxylic acids is 2. The average Bonchev–Trinajstić information content (AvgIpc) is 2.63. The molecule has 0 aliphatic rings. The Morgan fingerprint density at radius 1 is 0.970 bits per heavy atom. The third-order valence-corrected chi connectivity index (χ3v) is 4.11. The quantitative estimate of drug-likeness (QED) is 0.383. The van der Waals surface area contributed by atoms with Crippen molar-refractivity contribution in [3.8, 4) is 11.5 Å². The molecule has 1 amide bonds. The van der Waals surface area contributed by atoms with Crippen LogP contribution in [0.3, 0.4) is 0 Å². The summed E-state index contributed by atoms with van der Waals surface area (Å²) in [5.41, 5.74) is -0.810. The SMILES string of the molecule is CC(C)(C)OC(=O)N[C@H](C[C@H](Cc1ccc(OCCO)c(OC(C)(C)C)c1)C(=O)O)C(=O)O. The van der Waals surface area contributed by atoms with Crippen LogP contribution in [0.4, 0.5) is 4.79 Å². The van der Waals surface area contributed by atoms with Crippen LogP contribution in [0.15, 0.2) is 18.2 Å². The summed E-state index contributed by atoms with van der Waals surface area (Å²) in [5.74, 6) is -2.90. The number of aliphatic hydroxyl groups is 1. The zero-order valence-corrected chi connectivity index (χ0v) is 20.0. The van der Waals surface area contributed by atoms with Crippen LogP contribution >= 0.6 is 0 Å². The maximum Gasteiger partial charge on any atom is 0.408 e. The van der Waals surface area contributed by atoms with Crippen molar-refractivity contribution in [1.29, 1.82) is 0 Å². The second kappa shape index (κ2) is 11.7. The molecular weight excluding hydrogens is 434 g/mol. The number of aliphatic hydroxyl groups excluding tert-OH is 1. The van der Waals surface area contributed by atoms with Gasteiger partial charge in [-0.25, -0.2) is 9.59 Å². The van der Waals surface area contributed by atoms with Crippen LogP contribution in [0.25, 0.3) is 0 Å². The summed E-state index contributed by atoms with van der Waals surface area (Å²) in [4.78, 5) is 35.5. The molecule has 0 aliphatic heterocycles. The maximum atomic E-state index is 12.0. The van der Waals surface area contributed by atoms with E-state index in [4.69, 9.17) is 19.3 Å². The third-order valence-electron chi connectivity index (χ3n) is 4.11. The number of hydrogen-bond donors (Lipinski definition) is 4. The number of rotatable bonds is 11. The highest BCUT2D eigenvalue weighted by Gasteiger charge is 2.30. The van der Waals surface area contributed by atoms with Gasteiger partial charge in [-0.2, -0.15) is 0 Å². The van der Waals surface area contributed by atoms with Crippen LogP contribution in [0.1, 0.15) is 53.5 Å². The highest BCUT2D eigenvalue weighted by molar-refractivity contribution is 5.81. The zero-order valence-electron chi connectivity index (χ0n) is 20.0. The van der Waals surface area contributed by atoms with E-state index in [1.165, 1.54) is 0 Å². The molecule has 33 heavy (non-hydrogen) atoms. The van der Waals surface area contributed by atoms with E-state index in [9.17, 15) is 24.6 Å². The maximum absolute atomic E-state index is 12.0. The van der Waals surface area contributed by atoms with Gasteiger partial charge >= 0.3 is 18.0 Å². The van der Waals surface area contributed by atoms with Gasteiger partial charge in [-0.3, -0.25) is 4.79 Å². The number of alkyl carbamates (subject to hydrolysis) is 1. The smallest absolute Gasteiger partial charge is 0.408 e. The summed E-state index contributed by atoms with van der Waals surface area (Å²) >= 11 is 0. The topological polar surface area (TPSA) is 152 Å². The highest BCUT2D eigenvalue weighted by atomic mass is 16.6. The van der Waals surface area contributed by atoms with Crippen LogP contribution in [-0.2, 0) is 20.7 Å². The molecule has 0 saturated heterocycles. The first-order chi connectivity index (χ1) is 15.1. The monoisotopic (exact) mass is 469 g/mol. The van der Waals surface area contributed by atoms with Crippen molar-refractivity contribution < 1.29 is 43.9 Å². The number of carboxylic acid groups (broad SMARTS) is 2. The second-order valence-corrected chi connectivity index (χ2v) is 9.58. The Kier molecular flexibility index (Phi) is 9.97. The molecule has 0 spiro atoms. The van der Waals surface area contributed by atoms with Crippen molar-refractivity contribution >= 4 is 18.0 Å². The van der Waals surface area contributed by atoms with Crippen LogP contribution in [0, 0.1) is 5.92 Å². The molecule has 0 aliphatic carbocycles. The summed E-state index contributed by atoms with van der Waals surface area (Å²) in [6.07, 6.45) is -1.29. The molecule has 1 aromatic carbocycles. The number of ether oxygens (including phenoxy) is 3. The molecule has 186 valence electrons. The van der Waals surface area contributed by atoms with Crippen LogP contribution in [0.2, 0.25) is 0 Å². The minimum absolute atomic E-state index is 0.00407. The normalized spacial score (nSPS) is 13.5. The van der Waals surface area contributed by atoms with E-state index >= 15 is 0 Å². The average molecular weight is 470 g/mol. The number of hydrogen-bond acceptors (Lipinski definition) is 7. The van der Waals surface area contributed by atoms with Crippen molar-refractivity contribution in [1.82, 2.24) is 5.32 Å². The largest absolute Gasteiger partial charge is 0.487 e. The summed E-state index contributed by atoms with van der Waals surface area (Å²) < 4.78 is 16.5. The Balaban J connectivity index is 3.07. The van der Waals surface area contributed by atoms with Gasteiger partial charge in [-0.05, 0) is 72.1 Å². The van der Waals surface area contributed by atoms with E-state index in [1.807, 2.05) is 20.8 Å². The van der Waals surface area contributed by atoms with Crippen molar-refractivity contribution in [2.24, 2.45) is 5.92 Å². The van der Waals surface area contributed by atoms with Gasteiger partial charge in [-0.1, -0.05) is 6.07 Å². The lowest BCUT2D eigenvalue weighted by molar-refractivity contribution is -0.144. The molecule has 4 N–H and O–H groups in total. The Morgan fingerprint density at radius 2 is 1.61 bits per heavy atom. The molecule has 0 heterocycles. The molecule has 0 radical (unpaired) electrons. The minimum atomic E-state index is -1.45. The predicted molar refractivity (Wildman–Crippen MR) is 120 cm³/mol. The van der Waals surface area contributed by atoms with Crippen molar-refractivity contribution in [3.05, 3.63) is 23.8 Å². The number of aliphatic carboxylic acids is 2. The first-order valence-electron chi connectivity index (χ1n) is 10.6. The van der Waals surface area contributed by atoms with E-state index in [1.54, 1.807) is 39.0 Å². The van der Waals surface area contributed by atoms with Gasteiger partial charge in [0.15, 0.2) is 11.5 Å². The first kappa shape index (κ1) is 28.0. The summed E-state index contributed by atoms with van der Waals surface area (Å²) in [7, 11) is 0. The number of benzene rings is 1. The second-order valence-electron chi connectivity index (χ2n) is 9.58. The fourth-order valence-electron chi connectivity index (χ4n) is 2.88. The van der Waals surface area contributed by atoms with Gasteiger partial charge in [0.2, 0.25) is 0 Å². The lowest BCUT2D eigenvalue weighted by Gasteiger charge is -2.25. The molecule has 1 rings (SSSR count). The minimum Gasteiger partial charge on any atom is -0.487 e. The number of nitrogens with one attached hydrogen (secondary N) is 1. The highest BCUT2D eigenvalue weighted by Crippen LogP contribution is 2.32. The summed E-state index contributed by atoms with van der Waals surface area (Å²) in [5, 5.41) is 30.4. The lowest BCUT2D eigenvalue weighted by atomic mass is 9.92. The Labute approximate surface area is 193 Å². The Bertz CT molecular complexity index is 824. The summed E-state index contributed by atoms with van der Waals surface area (Å²) in [6, 6.07) is 3.44. The van der Waals surface area contributed by atoms with Gasteiger partial charge in [0.1, 0.15) is 23.9 Å². The molecule has 0 bridgehead atoms. The fourth-order valence-corrected chi connectivity index (χ4v) is 2.88. The fraction of sp³-hybridized carbons (Fsp3) is 0.609. The summed E-state index contributed by atoms with van der Waals surface area (Å²) in [6.45, 7) is 10.3. The number of carbonyl (C=O) groups is 3. The van der Waals surface area contributed by atoms with Gasteiger partial charge in [0.25, 0.3) is 0 Å². The van der Waals surface area contributed by atoms with Gasteiger partial charge in [0, 0.05) is 0 Å². The van der Waals surface area contributed by atoms with E-state index in [0.717, 1.165) is 0 Å². The molecule has 2 atom stereocenters. The van der Waals surface area contributed by atoms with Crippen molar-refractivity contribution in [2.75, 3.05) is 13.2 Å². The lowest BCUT2D eigenvalue weighted by Crippen LogP contribution is -2.45. The molecule has 0 aromatic heterocycles. The zero-order chi connectivity index (χ0) is 25.4. The molecule has 0 saturated carbocycles. The van der Waals surface area contributed by atoms with Crippen LogP contribution in [-0.4, -0.2) is 63.8 Å². The van der Waals surface area contributed by atoms with E-state index in [0.29, 0.717) is 17.1 Å². The molecule has 0 fully saturated rings. The number of amides is 1.